The third kappa shape index (κ3) is 6.08. The molecule has 24 heavy (non-hydrogen) atoms. The van der Waals surface area contributed by atoms with Crippen molar-refractivity contribution < 1.29 is 4.79 Å². The number of likely N-dealkylation sites (tertiary alicyclic amines) is 1. The van der Waals surface area contributed by atoms with Gasteiger partial charge in [-0.1, -0.05) is 44.2 Å². The van der Waals surface area contributed by atoms with Gasteiger partial charge in [0.2, 0.25) is 5.91 Å². The predicted octanol–water partition coefficient (Wildman–Crippen LogP) is 2.76. The van der Waals surface area contributed by atoms with E-state index in [1.54, 1.807) is 0 Å². The highest BCUT2D eigenvalue weighted by molar-refractivity contribution is 5.85. The van der Waals surface area contributed by atoms with Gasteiger partial charge in [0, 0.05) is 26.2 Å². The first kappa shape index (κ1) is 20.9. The van der Waals surface area contributed by atoms with E-state index in [2.05, 4.69) is 42.3 Å². The number of nitrogens with zero attached hydrogens (tertiary/aromatic N) is 2. The van der Waals surface area contributed by atoms with E-state index in [0.29, 0.717) is 5.92 Å². The highest BCUT2D eigenvalue weighted by Crippen LogP contribution is 2.20. The minimum Gasteiger partial charge on any atom is -0.341 e. The van der Waals surface area contributed by atoms with Crippen LogP contribution in [0.5, 0.6) is 0 Å². The summed E-state index contributed by atoms with van der Waals surface area (Å²) in [5, 5.41) is 0. The smallest absolute Gasteiger partial charge is 0.239 e. The van der Waals surface area contributed by atoms with E-state index in [4.69, 9.17) is 5.73 Å². The standard InChI is InChI=1S/C19H31N3O.ClH/c1-15(2)18(20)19(23)22-11-9-17(10-12-22)14-21(3)13-16-7-5-4-6-8-16;/h4-8,15,17-18H,9-14,20H2,1-3H3;1H/t18-;/m0./s1. The van der Waals surface area contributed by atoms with Crippen LogP contribution in [0.4, 0.5) is 0 Å². The second kappa shape index (κ2) is 10.0. The summed E-state index contributed by atoms with van der Waals surface area (Å²) >= 11 is 0. The van der Waals surface area contributed by atoms with Gasteiger partial charge in [0.25, 0.3) is 0 Å². The average Bonchev–Trinajstić information content (AvgIpc) is 2.55. The van der Waals surface area contributed by atoms with Gasteiger partial charge in [-0.15, -0.1) is 12.4 Å². The second-order valence-electron chi connectivity index (χ2n) is 7.22. The van der Waals surface area contributed by atoms with Crippen LogP contribution < -0.4 is 5.73 Å². The maximum atomic E-state index is 12.3. The Kier molecular flexibility index (Phi) is 8.74. The monoisotopic (exact) mass is 353 g/mol. The molecule has 1 amide bonds. The van der Waals surface area contributed by atoms with Gasteiger partial charge in [-0.05, 0) is 37.3 Å². The lowest BCUT2D eigenvalue weighted by molar-refractivity contribution is -0.135. The summed E-state index contributed by atoms with van der Waals surface area (Å²) in [6.07, 6.45) is 2.16. The van der Waals surface area contributed by atoms with E-state index in [0.717, 1.165) is 39.0 Å². The quantitative estimate of drug-likeness (QED) is 0.855. The number of hydrogen-bond donors (Lipinski definition) is 1. The van der Waals surface area contributed by atoms with Crippen LogP contribution in [0.2, 0.25) is 0 Å². The van der Waals surface area contributed by atoms with E-state index in [-0.39, 0.29) is 30.3 Å². The third-order valence-corrected chi connectivity index (χ3v) is 4.79. The summed E-state index contributed by atoms with van der Waals surface area (Å²) < 4.78 is 0. The Labute approximate surface area is 152 Å². The normalized spacial score (nSPS) is 17.0. The van der Waals surface area contributed by atoms with Gasteiger partial charge in [0.05, 0.1) is 6.04 Å². The lowest BCUT2D eigenvalue weighted by Crippen LogP contribution is -2.49. The molecule has 2 rings (SSSR count). The molecule has 0 bridgehead atoms. The molecule has 0 aliphatic carbocycles. The molecule has 2 N–H and O–H groups in total. The molecule has 1 aliphatic heterocycles. The average molecular weight is 354 g/mol. The van der Waals surface area contributed by atoms with E-state index < -0.39 is 0 Å². The number of nitrogens with two attached hydrogens (primary N) is 1. The number of amides is 1. The first-order valence-electron chi connectivity index (χ1n) is 8.74. The summed E-state index contributed by atoms with van der Waals surface area (Å²) in [6.45, 7) is 7.79. The molecule has 0 radical (unpaired) electrons. The molecule has 5 heteroatoms. The van der Waals surface area contributed by atoms with E-state index in [1.165, 1.54) is 5.56 Å². The van der Waals surface area contributed by atoms with Crippen LogP contribution in [-0.2, 0) is 11.3 Å². The van der Waals surface area contributed by atoms with Gasteiger partial charge in [-0.2, -0.15) is 0 Å². The van der Waals surface area contributed by atoms with Crippen molar-refractivity contribution >= 4 is 18.3 Å². The van der Waals surface area contributed by atoms with E-state index in [1.807, 2.05) is 18.7 Å². The highest BCUT2D eigenvalue weighted by atomic mass is 35.5. The Morgan fingerprint density at radius 1 is 1.25 bits per heavy atom. The van der Waals surface area contributed by atoms with Crippen LogP contribution in [0, 0.1) is 11.8 Å². The van der Waals surface area contributed by atoms with Crippen molar-refractivity contribution in [3.63, 3.8) is 0 Å². The van der Waals surface area contributed by atoms with Crippen LogP contribution in [0.1, 0.15) is 32.3 Å². The zero-order chi connectivity index (χ0) is 16.8. The lowest BCUT2D eigenvalue weighted by Gasteiger charge is -2.35. The first-order chi connectivity index (χ1) is 11.0. The van der Waals surface area contributed by atoms with Crippen molar-refractivity contribution in [1.82, 2.24) is 9.80 Å². The summed E-state index contributed by atoms with van der Waals surface area (Å²) in [7, 11) is 2.18. The molecule has 1 aromatic carbocycles. The Bertz CT molecular complexity index is 487. The van der Waals surface area contributed by atoms with Crippen molar-refractivity contribution in [1.29, 1.82) is 0 Å². The van der Waals surface area contributed by atoms with E-state index in [9.17, 15) is 4.79 Å². The number of piperidine rings is 1. The lowest BCUT2D eigenvalue weighted by atomic mass is 9.94. The number of rotatable bonds is 6. The number of carbonyl (C=O) groups is 1. The van der Waals surface area contributed by atoms with Gasteiger partial charge in [-0.3, -0.25) is 4.79 Å². The molecule has 1 fully saturated rings. The second-order valence-corrected chi connectivity index (χ2v) is 7.22. The first-order valence-corrected chi connectivity index (χ1v) is 8.74. The summed E-state index contributed by atoms with van der Waals surface area (Å²) in [6, 6.07) is 10.2. The molecular weight excluding hydrogens is 322 g/mol. The zero-order valence-corrected chi connectivity index (χ0v) is 16.0. The van der Waals surface area contributed by atoms with Gasteiger partial charge >= 0.3 is 0 Å². The fourth-order valence-electron chi connectivity index (χ4n) is 3.23. The molecular formula is C19H32ClN3O. The van der Waals surface area contributed by atoms with Crippen LogP contribution in [0.25, 0.3) is 0 Å². The summed E-state index contributed by atoms with van der Waals surface area (Å²) in [4.78, 5) is 16.6. The predicted molar refractivity (Wildman–Crippen MR) is 102 cm³/mol. The Morgan fingerprint density at radius 3 is 2.38 bits per heavy atom. The minimum absolute atomic E-state index is 0. The van der Waals surface area contributed by atoms with Crippen molar-refractivity contribution in [3.05, 3.63) is 35.9 Å². The molecule has 1 heterocycles. The van der Waals surface area contributed by atoms with Gasteiger partial charge in [0.1, 0.15) is 0 Å². The van der Waals surface area contributed by atoms with Crippen molar-refractivity contribution in [2.45, 2.75) is 39.3 Å². The molecule has 0 spiro atoms. The number of halogens is 1. The highest BCUT2D eigenvalue weighted by Gasteiger charge is 2.28. The molecule has 136 valence electrons. The van der Waals surface area contributed by atoms with Crippen LogP contribution in [0.15, 0.2) is 30.3 Å². The maximum absolute atomic E-state index is 12.3. The SMILES string of the molecule is CC(C)[C@H](N)C(=O)N1CCC(CN(C)Cc2ccccc2)CC1.Cl. The summed E-state index contributed by atoms with van der Waals surface area (Å²) in [5.41, 5.74) is 7.35. The third-order valence-electron chi connectivity index (χ3n) is 4.79. The van der Waals surface area contributed by atoms with Crippen LogP contribution in [0.3, 0.4) is 0 Å². The van der Waals surface area contributed by atoms with Gasteiger partial charge < -0.3 is 15.5 Å². The van der Waals surface area contributed by atoms with Crippen molar-refractivity contribution in [2.24, 2.45) is 17.6 Å². The van der Waals surface area contributed by atoms with Crippen molar-refractivity contribution in [3.8, 4) is 0 Å². The molecule has 4 nitrogen and oxygen atoms in total. The molecule has 0 saturated carbocycles. The molecule has 1 aliphatic rings. The number of benzene rings is 1. The molecule has 0 unspecified atom stereocenters. The van der Waals surface area contributed by atoms with Crippen LogP contribution >= 0.6 is 12.4 Å². The Hall–Kier alpha value is -1.10. The number of carbonyl (C=O) groups excluding carboxylic acids is 1. The van der Waals surface area contributed by atoms with Crippen LogP contribution in [-0.4, -0.2) is 48.4 Å². The molecule has 1 aromatic rings. The minimum atomic E-state index is -0.354. The fourth-order valence-corrected chi connectivity index (χ4v) is 3.23. The number of hydrogen-bond acceptors (Lipinski definition) is 3. The largest absolute Gasteiger partial charge is 0.341 e. The Morgan fingerprint density at radius 2 is 1.83 bits per heavy atom. The zero-order valence-electron chi connectivity index (χ0n) is 15.1. The van der Waals surface area contributed by atoms with E-state index >= 15 is 0 Å². The fraction of sp³-hybridized carbons (Fsp3) is 0.632. The van der Waals surface area contributed by atoms with Gasteiger partial charge in [-0.25, -0.2) is 0 Å². The maximum Gasteiger partial charge on any atom is 0.239 e. The van der Waals surface area contributed by atoms with Crippen molar-refractivity contribution in [2.75, 3.05) is 26.7 Å². The molecule has 1 saturated heterocycles. The topological polar surface area (TPSA) is 49.6 Å². The van der Waals surface area contributed by atoms with Gasteiger partial charge in [0.15, 0.2) is 0 Å². The molecule has 0 aromatic heterocycles. The Balaban J connectivity index is 0.00000288. The summed E-state index contributed by atoms with van der Waals surface area (Å²) in [5.74, 6) is 0.997. The molecule has 1 atom stereocenters.